The van der Waals surface area contributed by atoms with Gasteiger partial charge >= 0.3 is 6.09 Å². The maximum absolute atomic E-state index is 12.5. The second kappa shape index (κ2) is 6.91. The fourth-order valence-corrected chi connectivity index (χ4v) is 2.85. The quantitative estimate of drug-likeness (QED) is 0.922. The molecule has 1 unspecified atom stereocenters. The molecule has 7 heteroatoms. The Hall–Kier alpha value is -1.89. The van der Waals surface area contributed by atoms with Gasteiger partial charge in [-0.15, -0.1) is 0 Å². The molecule has 1 aliphatic rings. The summed E-state index contributed by atoms with van der Waals surface area (Å²) >= 11 is 1.50. The van der Waals surface area contributed by atoms with E-state index in [-0.39, 0.29) is 12.0 Å². The number of carbonyl (C=O) groups excluding carboxylic acids is 2. The molecule has 6 nitrogen and oxygen atoms in total. The molecule has 0 bridgehead atoms. The van der Waals surface area contributed by atoms with Gasteiger partial charge in [0.2, 0.25) is 5.91 Å². The molecular formula is C15H20N2O4S. The number of benzene rings is 1. The Kier molecular flexibility index (Phi) is 5.18. The van der Waals surface area contributed by atoms with Gasteiger partial charge < -0.3 is 14.8 Å². The molecule has 120 valence electrons. The molecular weight excluding hydrogens is 304 g/mol. The first kappa shape index (κ1) is 16.5. The molecule has 0 radical (unpaired) electrons. The number of ether oxygens (including phenoxy) is 2. The van der Waals surface area contributed by atoms with E-state index in [4.69, 9.17) is 9.47 Å². The zero-order chi connectivity index (χ0) is 16.3. The maximum atomic E-state index is 12.5. The van der Waals surface area contributed by atoms with E-state index in [0.717, 1.165) is 0 Å². The molecule has 1 atom stereocenters. The second-order valence-electron chi connectivity index (χ2n) is 5.15. The summed E-state index contributed by atoms with van der Waals surface area (Å²) in [6.07, 6.45) is 1.10. The molecule has 1 aliphatic heterocycles. The number of hydrogen-bond acceptors (Lipinski definition) is 5. The van der Waals surface area contributed by atoms with Gasteiger partial charge in [-0.2, -0.15) is 11.8 Å². The zero-order valence-electron chi connectivity index (χ0n) is 13.1. The Morgan fingerprint density at radius 1 is 1.45 bits per heavy atom. The minimum atomic E-state index is -0.610. The second-order valence-corrected chi connectivity index (χ2v) is 6.06. The van der Waals surface area contributed by atoms with Crippen molar-refractivity contribution in [3.8, 4) is 5.75 Å². The summed E-state index contributed by atoms with van der Waals surface area (Å²) in [6.45, 7) is 3.55. The van der Waals surface area contributed by atoms with Gasteiger partial charge in [-0.3, -0.25) is 9.69 Å². The molecule has 1 heterocycles. The van der Waals surface area contributed by atoms with Crippen LogP contribution in [-0.2, 0) is 9.53 Å². The van der Waals surface area contributed by atoms with E-state index < -0.39 is 12.1 Å². The smallest absolute Gasteiger partial charge is 0.415 e. The van der Waals surface area contributed by atoms with Crippen molar-refractivity contribution < 1.29 is 19.1 Å². The normalized spacial score (nSPS) is 17.0. The topological polar surface area (TPSA) is 67.9 Å². The molecule has 1 aromatic carbocycles. The molecule has 0 aliphatic carbocycles. The van der Waals surface area contributed by atoms with Crippen LogP contribution in [0.5, 0.6) is 5.75 Å². The maximum Gasteiger partial charge on any atom is 0.415 e. The standard InChI is InChI=1S/C15H20N2O4S/c1-9(2)21-15(19)17-12-7-10(20-3)5-6-11(12)16-14(18)13(17)8-22-4/h5-7,9,13H,8H2,1-4H3,(H,16,18). The van der Waals surface area contributed by atoms with E-state index in [0.29, 0.717) is 22.9 Å². The number of nitrogens with one attached hydrogen (secondary N) is 1. The van der Waals surface area contributed by atoms with Gasteiger partial charge in [0.15, 0.2) is 0 Å². The lowest BCUT2D eigenvalue weighted by Crippen LogP contribution is -2.53. The van der Waals surface area contributed by atoms with Crippen LogP contribution in [0.25, 0.3) is 0 Å². The highest BCUT2D eigenvalue weighted by Crippen LogP contribution is 2.36. The van der Waals surface area contributed by atoms with Crippen LogP contribution in [0.15, 0.2) is 18.2 Å². The summed E-state index contributed by atoms with van der Waals surface area (Å²) < 4.78 is 10.5. The van der Waals surface area contributed by atoms with Crippen LogP contribution in [0.2, 0.25) is 0 Å². The van der Waals surface area contributed by atoms with Crippen molar-refractivity contribution in [2.75, 3.05) is 29.3 Å². The number of methoxy groups -OCH3 is 1. The summed E-state index contributed by atoms with van der Waals surface area (Å²) in [5.74, 6) is 0.878. The SMILES string of the molecule is COc1ccc2c(c1)N(C(=O)OC(C)C)C(CSC)C(=O)N2. The lowest BCUT2D eigenvalue weighted by Gasteiger charge is -2.35. The van der Waals surface area contributed by atoms with E-state index in [9.17, 15) is 9.59 Å². The van der Waals surface area contributed by atoms with Crippen LogP contribution in [0.1, 0.15) is 13.8 Å². The first-order chi connectivity index (χ1) is 10.5. The number of nitrogens with zero attached hydrogens (tertiary/aromatic N) is 1. The molecule has 0 fully saturated rings. The highest BCUT2D eigenvalue weighted by molar-refractivity contribution is 7.98. The van der Waals surface area contributed by atoms with Crippen molar-refractivity contribution >= 4 is 35.1 Å². The van der Waals surface area contributed by atoms with Crippen molar-refractivity contribution in [3.63, 3.8) is 0 Å². The van der Waals surface area contributed by atoms with Crippen molar-refractivity contribution in [1.82, 2.24) is 0 Å². The fourth-order valence-electron chi connectivity index (χ4n) is 2.24. The monoisotopic (exact) mass is 324 g/mol. The summed E-state index contributed by atoms with van der Waals surface area (Å²) in [5.41, 5.74) is 1.16. The molecule has 0 saturated heterocycles. The molecule has 1 N–H and O–H groups in total. The van der Waals surface area contributed by atoms with Gasteiger partial charge in [0.05, 0.1) is 24.6 Å². The number of hydrogen-bond donors (Lipinski definition) is 1. The predicted molar refractivity (Wildman–Crippen MR) is 87.9 cm³/mol. The van der Waals surface area contributed by atoms with Gasteiger partial charge in [-0.1, -0.05) is 0 Å². The molecule has 0 spiro atoms. The third kappa shape index (κ3) is 3.30. The number of fused-ring (bicyclic) bond motifs is 1. The van der Waals surface area contributed by atoms with Gasteiger partial charge in [0.1, 0.15) is 11.8 Å². The van der Waals surface area contributed by atoms with E-state index in [2.05, 4.69) is 5.32 Å². The van der Waals surface area contributed by atoms with E-state index in [1.807, 2.05) is 6.26 Å². The summed E-state index contributed by atoms with van der Waals surface area (Å²) in [5, 5.41) is 2.83. The van der Waals surface area contributed by atoms with Crippen molar-refractivity contribution in [2.45, 2.75) is 26.0 Å². The van der Waals surface area contributed by atoms with Gasteiger partial charge in [0, 0.05) is 11.8 Å². The van der Waals surface area contributed by atoms with E-state index in [1.54, 1.807) is 39.2 Å². The first-order valence-corrected chi connectivity index (χ1v) is 8.35. The van der Waals surface area contributed by atoms with E-state index in [1.165, 1.54) is 16.7 Å². The average Bonchev–Trinajstić information content (AvgIpc) is 2.46. The first-order valence-electron chi connectivity index (χ1n) is 6.95. The third-order valence-electron chi connectivity index (χ3n) is 3.19. The lowest BCUT2D eigenvalue weighted by atomic mass is 10.1. The molecule has 0 saturated carbocycles. The lowest BCUT2D eigenvalue weighted by molar-refractivity contribution is -0.117. The van der Waals surface area contributed by atoms with Gasteiger partial charge in [-0.05, 0) is 32.2 Å². The van der Waals surface area contributed by atoms with Crippen molar-refractivity contribution in [2.24, 2.45) is 0 Å². The van der Waals surface area contributed by atoms with Crippen molar-refractivity contribution in [1.29, 1.82) is 0 Å². The highest BCUT2D eigenvalue weighted by atomic mass is 32.2. The fraction of sp³-hybridized carbons (Fsp3) is 0.467. The molecule has 1 aromatic rings. The Labute approximate surface area is 134 Å². The summed E-state index contributed by atoms with van der Waals surface area (Å²) in [7, 11) is 1.55. The summed E-state index contributed by atoms with van der Waals surface area (Å²) in [4.78, 5) is 26.2. The number of carbonyl (C=O) groups is 2. The van der Waals surface area contributed by atoms with Crippen LogP contribution >= 0.6 is 11.8 Å². The van der Waals surface area contributed by atoms with Gasteiger partial charge in [0.25, 0.3) is 0 Å². The minimum Gasteiger partial charge on any atom is -0.497 e. The molecule has 2 rings (SSSR count). The number of anilines is 2. The molecule has 22 heavy (non-hydrogen) atoms. The summed E-state index contributed by atoms with van der Waals surface area (Å²) in [6, 6.07) is 4.57. The number of rotatable bonds is 4. The largest absolute Gasteiger partial charge is 0.497 e. The van der Waals surface area contributed by atoms with E-state index >= 15 is 0 Å². The Bertz CT molecular complexity index is 577. The predicted octanol–water partition coefficient (Wildman–Crippen LogP) is 2.73. The Balaban J connectivity index is 2.47. The number of amides is 2. The van der Waals surface area contributed by atoms with Crippen LogP contribution in [0.4, 0.5) is 16.2 Å². The molecule has 2 amide bonds. The Morgan fingerprint density at radius 2 is 2.18 bits per heavy atom. The van der Waals surface area contributed by atoms with Crippen LogP contribution in [-0.4, -0.2) is 43.3 Å². The minimum absolute atomic E-state index is 0.215. The molecule has 0 aromatic heterocycles. The van der Waals surface area contributed by atoms with Crippen molar-refractivity contribution in [3.05, 3.63) is 18.2 Å². The Morgan fingerprint density at radius 3 is 2.77 bits per heavy atom. The van der Waals surface area contributed by atoms with Crippen LogP contribution < -0.4 is 15.0 Å². The third-order valence-corrected chi connectivity index (χ3v) is 3.84. The average molecular weight is 324 g/mol. The van der Waals surface area contributed by atoms with Crippen LogP contribution in [0, 0.1) is 0 Å². The van der Waals surface area contributed by atoms with Crippen LogP contribution in [0.3, 0.4) is 0 Å². The number of thioether (sulfide) groups is 1. The highest BCUT2D eigenvalue weighted by Gasteiger charge is 2.38. The zero-order valence-corrected chi connectivity index (χ0v) is 13.9. The van der Waals surface area contributed by atoms with Gasteiger partial charge in [-0.25, -0.2) is 4.79 Å².